The third-order valence-corrected chi connectivity index (χ3v) is 6.70. The summed E-state index contributed by atoms with van der Waals surface area (Å²) in [4.78, 5) is 22.1. The molecule has 1 spiro atoms. The van der Waals surface area contributed by atoms with Gasteiger partial charge >= 0.3 is 0 Å². The van der Waals surface area contributed by atoms with Crippen LogP contribution < -0.4 is 0 Å². The third-order valence-electron chi connectivity index (χ3n) is 5.78. The van der Waals surface area contributed by atoms with Crippen LogP contribution in [0.25, 0.3) is 0 Å². The minimum atomic E-state index is 0.0181. The molecule has 132 valence electrons. The standard InChI is InChI=1S/C18H27N3O2S/c1-14-16(24-13-19-14)11-20-9-7-18(12-20)6-2-4-15(23-18)10-21-8-3-5-17(21)22/h13,15H,2-12H2,1H3/t15-,18+/m1/s1. The lowest BCUT2D eigenvalue weighted by Gasteiger charge is -2.40. The zero-order valence-electron chi connectivity index (χ0n) is 14.5. The summed E-state index contributed by atoms with van der Waals surface area (Å²) >= 11 is 1.76. The lowest BCUT2D eigenvalue weighted by Crippen LogP contribution is -2.47. The Morgan fingerprint density at radius 3 is 3.04 bits per heavy atom. The number of ether oxygens (including phenoxy) is 1. The molecule has 0 radical (unpaired) electrons. The fourth-order valence-corrected chi connectivity index (χ4v) is 5.26. The summed E-state index contributed by atoms with van der Waals surface area (Å²) in [5.74, 6) is 0.312. The average molecular weight is 350 g/mol. The molecule has 3 saturated heterocycles. The van der Waals surface area contributed by atoms with Crippen molar-refractivity contribution in [2.45, 2.75) is 63.7 Å². The van der Waals surface area contributed by atoms with E-state index in [-0.39, 0.29) is 11.7 Å². The molecule has 0 aromatic carbocycles. The van der Waals surface area contributed by atoms with E-state index in [1.54, 1.807) is 11.3 Å². The largest absolute Gasteiger partial charge is 0.369 e. The van der Waals surface area contributed by atoms with Gasteiger partial charge in [-0.15, -0.1) is 11.3 Å². The molecule has 1 aromatic rings. The fourth-order valence-electron chi connectivity index (χ4n) is 4.44. The van der Waals surface area contributed by atoms with E-state index in [1.807, 2.05) is 10.4 Å². The Kier molecular flexibility index (Phi) is 4.62. The normalized spacial score (nSPS) is 31.5. The summed E-state index contributed by atoms with van der Waals surface area (Å²) in [6.45, 7) is 6.94. The van der Waals surface area contributed by atoms with Gasteiger partial charge in [0.05, 0.1) is 22.9 Å². The van der Waals surface area contributed by atoms with Crippen LogP contribution in [0, 0.1) is 6.92 Å². The molecule has 0 saturated carbocycles. The van der Waals surface area contributed by atoms with Crippen molar-refractivity contribution >= 4 is 17.2 Å². The van der Waals surface area contributed by atoms with Crippen LogP contribution >= 0.6 is 11.3 Å². The Balaban J connectivity index is 1.35. The Labute approximate surface area is 148 Å². The highest BCUT2D eigenvalue weighted by Crippen LogP contribution is 2.38. The number of nitrogens with zero attached hydrogens (tertiary/aromatic N) is 3. The van der Waals surface area contributed by atoms with Crippen LogP contribution in [0.5, 0.6) is 0 Å². The first-order valence-corrected chi connectivity index (χ1v) is 10.1. The summed E-state index contributed by atoms with van der Waals surface area (Å²) in [5, 5.41) is 0. The molecule has 0 N–H and O–H groups in total. The first-order valence-electron chi connectivity index (χ1n) is 9.20. The number of likely N-dealkylation sites (tertiary alicyclic amines) is 2. The van der Waals surface area contributed by atoms with Crippen LogP contribution in [0.15, 0.2) is 5.51 Å². The van der Waals surface area contributed by atoms with Crippen molar-refractivity contribution in [1.82, 2.24) is 14.8 Å². The summed E-state index contributed by atoms with van der Waals surface area (Å²) in [6.07, 6.45) is 6.56. The Bertz CT molecular complexity index is 605. The number of thiazole rings is 1. The van der Waals surface area contributed by atoms with Gasteiger partial charge in [0.1, 0.15) is 0 Å². The van der Waals surface area contributed by atoms with Gasteiger partial charge in [0.15, 0.2) is 0 Å². The van der Waals surface area contributed by atoms with E-state index in [9.17, 15) is 4.79 Å². The lowest BCUT2D eigenvalue weighted by molar-refractivity contribution is -0.142. The quantitative estimate of drug-likeness (QED) is 0.838. The predicted molar refractivity (Wildman–Crippen MR) is 94.0 cm³/mol. The molecule has 5 nitrogen and oxygen atoms in total. The van der Waals surface area contributed by atoms with Crippen LogP contribution in [-0.2, 0) is 16.1 Å². The maximum atomic E-state index is 11.9. The van der Waals surface area contributed by atoms with Crippen LogP contribution in [0.3, 0.4) is 0 Å². The van der Waals surface area contributed by atoms with Crippen LogP contribution in [0.1, 0.15) is 49.1 Å². The highest BCUT2D eigenvalue weighted by molar-refractivity contribution is 7.09. The van der Waals surface area contributed by atoms with Crippen molar-refractivity contribution in [2.75, 3.05) is 26.2 Å². The van der Waals surface area contributed by atoms with Gasteiger partial charge in [0.2, 0.25) is 5.91 Å². The molecule has 24 heavy (non-hydrogen) atoms. The van der Waals surface area contributed by atoms with E-state index in [0.717, 1.165) is 70.5 Å². The fraction of sp³-hybridized carbons (Fsp3) is 0.778. The Morgan fingerprint density at radius 2 is 2.29 bits per heavy atom. The number of hydrogen-bond acceptors (Lipinski definition) is 5. The van der Waals surface area contributed by atoms with E-state index in [0.29, 0.717) is 5.91 Å². The zero-order chi connectivity index (χ0) is 16.6. The number of carbonyl (C=O) groups excluding carboxylic acids is 1. The molecule has 0 unspecified atom stereocenters. The van der Waals surface area contributed by atoms with Crippen molar-refractivity contribution in [3.63, 3.8) is 0 Å². The smallest absolute Gasteiger partial charge is 0.222 e. The van der Waals surface area contributed by atoms with Crippen molar-refractivity contribution in [3.8, 4) is 0 Å². The van der Waals surface area contributed by atoms with Gasteiger partial charge in [-0.05, 0) is 39.0 Å². The van der Waals surface area contributed by atoms with E-state index in [2.05, 4.69) is 16.8 Å². The summed E-state index contributed by atoms with van der Waals surface area (Å²) in [6, 6.07) is 0. The highest BCUT2D eigenvalue weighted by Gasteiger charge is 2.43. The maximum Gasteiger partial charge on any atom is 0.222 e. The molecule has 4 heterocycles. The SMILES string of the molecule is Cc1ncsc1CN1CC[C@@]2(CCC[C@H](CN3CCCC3=O)O2)C1. The van der Waals surface area contributed by atoms with Gasteiger partial charge in [-0.2, -0.15) is 0 Å². The number of hydrogen-bond donors (Lipinski definition) is 0. The van der Waals surface area contributed by atoms with Gasteiger partial charge in [0.25, 0.3) is 0 Å². The number of amides is 1. The summed E-state index contributed by atoms with van der Waals surface area (Å²) < 4.78 is 6.58. The van der Waals surface area contributed by atoms with Gasteiger partial charge in [0, 0.05) is 44.0 Å². The summed E-state index contributed by atoms with van der Waals surface area (Å²) in [7, 11) is 0. The second-order valence-corrected chi connectivity index (χ2v) is 8.52. The van der Waals surface area contributed by atoms with E-state index in [4.69, 9.17) is 4.74 Å². The van der Waals surface area contributed by atoms with E-state index < -0.39 is 0 Å². The van der Waals surface area contributed by atoms with Crippen LogP contribution in [0.2, 0.25) is 0 Å². The molecule has 2 atom stereocenters. The van der Waals surface area contributed by atoms with E-state index in [1.165, 1.54) is 11.3 Å². The lowest BCUT2D eigenvalue weighted by atomic mass is 9.90. The number of carbonyl (C=O) groups is 1. The Morgan fingerprint density at radius 1 is 1.38 bits per heavy atom. The molecular weight excluding hydrogens is 322 g/mol. The maximum absolute atomic E-state index is 11.9. The molecule has 0 aliphatic carbocycles. The van der Waals surface area contributed by atoms with Gasteiger partial charge in [-0.3, -0.25) is 9.69 Å². The highest BCUT2D eigenvalue weighted by atomic mass is 32.1. The molecule has 4 rings (SSSR count). The number of aromatic nitrogens is 1. The first-order chi connectivity index (χ1) is 11.6. The second kappa shape index (κ2) is 6.73. The molecule has 3 fully saturated rings. The third kappa shape index (κ3) is 3.37. The molecule has 0 bridgehead atoms. The molecular formula is C18H27N3O2S. The van der Waals surface area contributed by atoms with Crippen molar-refractivity contribution < 1.29 is 9.53 Å². The average Bonchev–Trinajstić information content (AvgIpc) is 3.25. The first kappa shape index (κ1) is 16.5. The van der Waals surface area contributed by atoms with Gasteiger partial charge in [-0.25, -0.2) is 4.98 Å². The zero-order valence-corrected chi connectivity index (χ0v) is 15.3. The number of aryl methyl sites for hydroxylation is 1. The molecule has 3 aliphatic heterocycles. The minimum Gasteiger partial charge on any atom is -0.369 e. The number of rotatable bonds is 4. The van der Waals surface area contributed by atoms with Crippen molar-refractivity contribution in [2.24, 2.45) is 0 Å². The van der Waals surface area contributed by atoms with Crippen molar-refractivity contribution in [1.29, 1.82) is 0 Å². The van der Waals surface area contributed by atoms with E-state index >= 15 is 0 Å². The topological polar surface area (TPSA) is 45.7 Å². The van der Waals surface area contributed by atoms with Gasteiger partial charge in [-0.1, -0.05) is 0 Å². The predicted octanol–water partition coefficient (Wildman–Crippen LogP) is 2.59. The van der Waals surface area contributed by atoms with Crippen LogP contribution in [-0.4, -0.2) is 58.6 Å². The second-order valence-electron chi connectivity index (χ2n) is 7.58. The summed E-state index contributed by atoms with van der Waals surface area (Å²) in [5.41, 5.74) is 3.12. The Hall–Kier alpha value is -0.980. The molecule has 3 aliphatic rings. The molecule has 6 heteroatoms. The van der Waals surface area contributed by atoms with Crippen molar-refractivity contribution in [3.05, 3.63) is 16.1 Å². The molecule has 1 aromatic heterocycles. The molecule has 1 amide bonds. The van der Waals surface area contributed by atoms with Gasteiger partial charge < -0.3 is 9.64 Å². The minimum absolute atomic E-state index is 0.0181. The monoisotopic (exact) mass is 349 g/mol. The van der Waals surface area contributed by atoms with Crippen LogP contribution in [0.4, 0.5) is 0 Å².